The zero-order valence-corrected chi connectivity index (χ0v) is 18.6. The molecule has 1 aliphatic rings. The van der Waals surface area contributed by atoms with Gasteiger partial charge in [-0.1, -0.05) is 26.7 Å². The molecule has 0 aromatic carbocycles. The molecule has 2 heterocycles. The first kappa shape index (κ1) is 23.8. The molecule has 2 rings (SSSR count). The van der Waals surface area contributed by atoms with Gasteiger partial charge in [0.2, 0.25) is 6.41 Å². The third kappa shape index (κ3) is 5.17. The summed E-state index contributed by atoms with van der Waals surface area (Å²) in [5, 5.41) is 0. The third-order valence-electron chi connectivity index (χ3n) is 6.01. The standard InChI is InChI=1S/C20H36BNO2.CH3NO/c1-9-11-13-16-15(3)22(8)18(17(16)14-12-10-2)21-23-19(4,5)20(6,7)24-21;2-1-3/h9-14H2,1-8H3;1H,(H2,2,3). The Labute approximate surface area is 166 Å². The summed E-state index contributed by atoms with van der Waals surface area (Å²) in [4.78, 5) is 8.58. The highest BCUT2D eigenvalue weighted by molar-refractivity contribution is 6.62. The topological polar surface area (TPSA) is 66.5 Å². The lowest BCUT2D eigenvalue weighted by molar-refractivity contribution is -0.106. The molecule has 0 aliphatic carbocycles. The molecule has 0 bridgehead atoms. The maximum Gasteiger partial charge on any atom is 0.512 e. The number of primary amides is 1. The van der Waals surface area contributed by atoms with Gasteiger partial charge >= 0.3 is 7.12 Å². The predicted molar refractivity (Wildman–Crippen MR) is 113 cm³/mol. The summed E-state index contributed by atoms with van der Waals surface area (Å²) in [6, 6.07) is 0. The van der Waals surface area contributed by atoms with Gasteiger partial charge in [-0.15, -0.1) is 0 Å². The van der Waals surface area contributed by atoms with Crippen LogP contribution in [0.25, 0.3) is 0 Å². The number of carbonyl (C=O) groups excluding carboxylic acids is 1. The molecule has 0 unspecified atom stereocenters. The molecule has 1 saturated heterocycles. The first-order chi connectivity index (χ1) is 12.6. The van der Waals surface area contributed by atoms with Crippen LogP contribution in [0.3, 0.4) is 0 Å². The Hall–Kier alpha value is -1.27. The van der Waals surface area contributed by atoms with E-state index < -0.39 is 0 Å². The van der Waals surface area contributed by atoms with Crippen molar-refractivity contribution in [2.45, 2.75) is 98.2 Å². The summed E-state index contributed by atoms with van der Waals surface area (Å²) in [5.74, 6) is 0. The summed E-state index contributed by atoms with van der Waals surface area (Å²) in [6.07, 6.45) is 7.44. The van der Waals surface area contributed by atoms with Crippen LogP contribution in [0, 0.1) is 6.92 Å². The molecule has 6 heteroatoms. The number of rotatable bonds is 7. The number of hydrogen-bond acceptors (Lipinski definition) is 3. The van der Waals surface area contributed by atoms with Gasteiger partial charge in [0.15, 0.2) is 0 Å². The molecule has 1 aromatic heterocycles. The zero-order chi connectivity index (χ0) is 20.8. The van der Waals surface area contributed by atoms with Crippen LogP contribution in [0.15, 0.2) is 0 Å². The van der Waals surface area contributed by atoms with Crippen molar-refractivity contribution < 1.29 is 14.1 Å². The van der Waals surface area contributed by atoms with Gasteiger partial charge in [0.25, 0.3) is 0 Å². The van der Waals surface area contributed by atoms with E-state index in [0.717, 1.165) is 12.8 Å². The lowest BCUT2D eigenvalue weighted by Crippen LogP contribution is -2.41. The van der Waals surface area contributed by atoms with Crippen molar-refractivity contribution in [2.75, 3.05) is 0 Å². The van der Waals surface area contributed by atoms with Gasteiger partial charge in [-0.05, 0) is 71.4 Å². The molecule has 0 saturated carbocycles. The number of unbranched alkanes of at least 4 members (excludes halogenated alkanes) is 2. The van der Waals surface area contributed by atoms with Gasteiger partial charge in [0.05, 0.1) is 16.8 Å². The average molecular weight is 378 g/mol. The largest absolute Gasteiger partial charge is 0.512 e. The minimum atomic E-state index is -0.290. The van der Waals surface area contributed by atoms with E-state index in [4.69, 9.17) is 14.1 Å². The van der Waals surface area contributed by atoms with Crippen LogP contribution in [0.2, 0.25) is 0 Å². The van der Waals surface area contributed by atoms with Crippen LogP contribution < -0.4 is 11.3 Å². The van der Waals surface area contributed by atoms with Gasteiger partial charge in [-0.3, -0.25) is 4.79 Å². The number of amides is 1. The molecule has 1 amide bonds. The number of carbonyl (C=O) groups is 1. The van der Waals surface area contributed by atoms with Crippen LogP contribution in [0.5, 0.6) is 0 Å². The number of nitrogens with zero attached hydrogens (tertiary/aromatic N) is 1. The molecule has 154 valence electrons. The lowest BCUT2D eigenvalue weighted by atomic mass is 9.79. The fourth-order valence-corrected chi connectivity index (χ4v) is 3.53. The molecular weight excluding hydrogens is 339 g/mol. The van der Waals surface area contributed by atoms with E-state index in [2.05, 4.69) is 65.8 Å². The van der Waals surface area contributed by atoms with Gasteiger partial charge in [0.1, 0.15) is 0 Å². The van der Waals surface area contributed by atoms with Crippen molar-refractivity contribution in [1.29, 1.82) is 0 Å². The van der Waals surface area contributed by atoms with Crippen LogP contribution >= 0.6 is 0 Å². The predicted octanol–water partition coefficient (Wildman–Crippen LogP) is 3.42. The highest BCUT2D eigenvalue weighted by atomic mass is 16.7. The Morgan fingerprint density at radius 3 is 1.81 bits per heavy atom. The minimum Gasteiger partial charge on any atom is -0.398 e. The van der Waals surface area contributed by atoms with E-state index in [0.29, 0.717) is 0 Å². The highest BCUT2D eigenvalue weighted by Crippen LogP contribution is 2.37. The summed E-state index contributed by atoms with van der Waals surface area (Å²) < 4.78 is 15.1. The van der Waals surface area contributed by atoms with E-state index in [1.807, 2.05) is 0 Å². The molecule has 5 nitrogen and oxygen atoms in total. The van der Waals surface area contributed by atoms with E-state index in [-0.39, 0.29) is 24.7 Å². The normalized spacial score (nSPS) is 17.6. The molecule has 1 aliphatic heterocycles. The van der Waals surface area contributed by atoms with Gasteiger partial charge in [0, 0.05) is 12.7 Å². The van der Waals surface area contributed by atoms with Crippen molar-refractivity contribution in [2.24, 2.45) is 12.8 Å². The van der Waals surface area contributed by atoms with Crippen molar-refractivity contribution in [1.82, 2.24) is 4.57 Å². The number of nitrogens with two attached hydrogens (primary N) is 1. The monoisotopic (exact) mass is 378 g/mol. The van der Waals surface area contributed by atoms with Crippen LogP contribution in [-0.4, -0.2) is 29.3 Å². The first-order valence-electron chi connectivity index (χ1n) is 10.3. The van der Waals surface area contributed by atoms with Crippen molar-refractivity contribution >= 4 is 19.1 Å². The van der Waals surface area contributed by atoms with Gasteiger partial charge in [-0.2, -0.15) is 0 Å². The van der Waals surface area contributed by atoms with Gasteiger partial charge in [-0.25, -0.2) is 0 Å². The Morgan fingerprint density at radius 1 is 1.00 bits per heavy atom. The second-order valence-electron chi connectivity index (χ2n) is 8.42. The average Bonchev–Trinajstić information content (AvgIpc) is 2.94. The SMILES string of the molecule is CCCCc1c(CCCC)c(B2OC(C)(C)C(C)(C)O2)n(C)c1C.NC=O. The maximum absolute atomic E-state index is 8.58. The summed E-state index contributed by atoms with van der Waals surface area (Å²) in [7, 11) is 1.90. The number of aromatic nitrogens is 1. The molecule has 0 atom stereocenters. The molecule has 27 heavy (non-hydrogen) atoms. The van der Waals surface area contributed by atoms with Crippen molar-refractivity contribution in [3.05, 3.63) is 16.8 Å². The first-order valence-corrected chi connectivity index (χ1v) is 10.3. The lowest BCUT2D eigenvalue weighted by Gasteiger charge is -2.32. The number of hydrogen-bond donors (Lipinski definition) is 1. The second-order valence-corrected chi connectivity index (χ2v) is 8.42. The van der Waals surface area contributed by atoms with E-state index >= 15 is 0 Å². The third-order valence-corrected chi connectivity index (χ3v) is 6.01. The Kier molecular flexibility index (Phi) is 8.62. The fourth-order valence-electron chi connectivity index (χ4n) is 3.53. The smallest absolute Gasteiger partial charge is 0.398 e. The van der Waals surface area contributed by atoms with Crippen LogP contribution in [0.1, 0.15) is 84.0 Å². The van der Waals surface area contributed by atoms with E-state index in [1.54, 1.807) is 0 Å². The summed E-state index contributed by atoms with van der Waals surface area (Å²) >= 11 is 0. The van der Waals surface area contributed by atoms with Crippen LogP contribution in [0.4, 0.5) is 0 Å². The summed E-state index contributed by atoms with van der Waals surface area (Å²) in [6.45, 7) is 15.3. The molecular formula is C21H39BN2O3. The maximum atomic E-state index is 8.58. The molecule has 2 N–H and O–H groups in total. The molecule has 1 aromatic rings. The van der Waals surface area contributed by atoms with E-state index in [1.165, 1.54) is 48.1 Å². The fraction of sp³-hybridized carbons (Fsp3) is 0.762. The van der Waals surface area contributed by atoms with Crippen molar-refractivity contribution in [3.8, 4) is 0 Å². The van der Waals surface area contributed by atoms with E-state index in [9.17, 15) is 0 Å². The second kappa shape index (κ2) is 9.79. The van der Waals surface area contributed by atoms with Crippen molar-refractivity contribution in [3.63, 3.8) is 0 Å². The Balaban J connectivity index is 0.00000114. The molecule has 1 fully saturated rings. The molecule has 0 spiro atoms. The molecule has 0 radical (unpaired) electrons. The highest BCUT2D eigenvalue weighted by Gasteiger charge is 2.53. The van der Waals surface area contributed by atoms with Crippen LogP contribution in [-0.2, 0) is 34.0 Å². The van der Waals surface area contributed by atoms with Gasteiger partial charge < -0.3 is 19.6 Å². The Morgan fingerprint density at radius 2 is 1.41 bits per heavy atom. The zero-order valence-electron chi connectivity index (χ0n) is 18.6. The summed E-state index contributed by atoms with van der Waals surface area (Å²) in [5.41, 5.74) is 9.20. The quantitative estimate of drug-likeness (QED) is 0.584. The minimum absolute atomic E-state index is 0.250. The Bertz CT molecular complexity index is 607.